The van der Waals surface area contributed by atoms with Crippen LogP contribution in [0, 0.1) is 13.8 Å². The van der Waals surface area contributed by atoms with Crippen molar-refractivity contribution in [3.63, 3.8) is 0 Å². The molecule has 0 saturated carbocycles. The number of hydrogen-bond acceptors (Lipinski definition) is 6. The third-order valence-corrected chi connectivity index (χ3v) is 6.46. The monoisotopic (exact) mass is 504 g/mol. The number of aryl methyl sites for hydroxylation is 2. The lowest BCUT2D eigenvalue weighted by atomic mass is 10.2. The van der Waals surface area contributed by atoms with Gasteiger partial charge >= 0.3 is 0 Å². The van der Waals surface area contributed by atoms with E-state index in [0.29, 0.717) is 34.2 Å². The van der Waals surface area contributed by atoms with E-state index in [1.165, 1.54) is 30.3 Å². The minimum absolute atomic E-state index is 0.0698. The number of benzene rings is 3. The summed E-state index contributed by atoms with van der Waals surface area (Å²) in [6.07, 6.45) is 0. The van der Waals surface area contributed by atoms with Crippen LogP contribution in [-0.4, -0.2) is 30.9 Å². The van der Waals surface area contributed by atoms with Crippen molar-refractivity contribution in [1.29, 1.82) is 0 Å². The standard InChI is InChI=1S/C26H24N4O5S/c1-17-5-3-8-21(13-17)30-36(33,34)23-11-9-22(10-12-23)35-16-25(32)28-20-7-4-6-19(15-20)26-27-18(2)14-24(31)29-26/h3-15,30H,16H2,1-2H3,(H,28,32)(H,27,29,31). The summed E-state index contributed by atoms with van der Waals surface area (Å²) in [5.74, 6) is 0.338. The zero-order valence-corrected chi connectivity index (χ0v) is 20.4. The molecule has 4 rings (SSSR count). The Morgan fingerprint density at radius 2 is 1.67 bits per heavy atom. The molecule has 4 aromatic rings. The lowest BCUT2D eigenvalue weighted by molar-refractivity contribution is -0.118. The summed E-state index contributed by atoms with van der Waals surface area (Å²) < 4.78 is 33.3. The Morgan fingerprint density at radius 3 is 2.39 bits per heavy atom. The van der Waals surface area contributed by atoms with E-state index in [1.807, 2.05) is 13.0 Å². The topological polar surface area (TPSA) is 130 Å². The number of hydrogen-bond donors (Lipinski definition) is 3. The van der Waals surface area contributed by atoms with Gasteiger partial charge in [-0.15, -0.1) is 0 Å². The second-order valence-corrected chi connectivity index (χ2v) is 9.78. The molecular weight excluding hydrogens is 480 g/mol. The number of anilines is 2. The summed E-state index contributed by atoms with van der Waals surface area (Å²) in [6.45, 7) is 3.32. The number of H-pyrrole nitrogens is 1. The van der Waals surface area contributed by atoms with Crippen molar-refractivity contribution in [3.05, 3.63) is 100 Å². The molecule has 0 aliphatic carbocycles. The first kappa shape index (κ1) is 24.7. The first-order chi connectivity index (χ1) is 17.2. The number of nitrogens with zero attached hydrogens (tertiary/aromatic N) is 1. The van der Waals surface area contributed by atoms with Crippen LogP contribution in [0.15, 0.2) is 88.6 Å². The molecule has 0 atom stereocenters. The van der Waals surface area contributed by atoms with Crippen molar-refractivity contribution in [1.82, 2.24) is 9.97 Å². The van der Waals surface area contributed by atoms with Crippen LogP contribution in [0.1, 0.15) is 11.3 Å². The highest BCUT2D eigenvalue weighted by molar-refractivity contribution is 7.92. The lowest BCUT2D eigenvalue weighted by Crippen LogP contribution is -2.20. The van der Waals surface area contributed by atoms with Gasteiger partial charge in [0.2, 0.25) is 0 Å². The summed E-state index contributed by atoms with van der Waals surface area (Å²) in [5, 5.41) is 2.73. The van der Waals surface area contributed by atoms with Crippen LogP contribution >= 0.6 is 0 Å². The van der Waals surface area contributed by atoms with E-state index in [0.717, 1.165) is 5.56 Å². The van der Waals surface area contributed by atoms with Gasteiger partial charge in [0.25, 0.3) is 21.5 Å². The van der Waals surface area contributed by atoms with Crippen molar-refractivity contribution >= 4 is 27.3 Å². The average molecular weight is 505 g/mol. The smallest absolute Gasteiger partial charge is 0.262 e. The summed E-state index contributed by atoms with van der Waals surface area (Å²) in [6, 6.07) is 21.1. The summed E-state index contributed by atoms with van der Waals surface area (Å²) in [7, 11) is -3.76. The molecule has 1 aromatic heterocycles. The van der Waals surface area contributed by atoms with Crippen LogP contribution in [0.3, 0.4) is 0 Å². The van der Waals surface area contributed by atoms with E-state index in [9.17, 15) is 18.0 Å². The van der Waals surface area contributed by atoms with Gasteiger partial charge in [-0.05, 0) is 67.9 Å². The van der Waals surface area contributed by atoms with Crippen molar-refractivity contribution in [2.45, 2.75) is 18.7 Å². The van der Waals surface area contributed by atoms with Gasteiger partial charge in [-0.25, -0.2) is 13.4 Å². The van der Waals surface area contributed by atoms with Crippen LogP contribution in [-0.2, 0) is 14.8 Å². The summed E-state index contributed by atoms with van der Waals surface area (Å²) >= 11 is 0. The van der Waals surface area contributed by atoms with Crippen LogP contribution in [0.5, 0.6) is 5.75 Å². The fourth-order valence-electron chi connectivity index (χ4n) is 3.44. The Labute approximate surface area is 208 Å². The number of aromatic amines is 1. The number of aromatic nitrogens is 2. The van der Waals surface area contributed by atoms with Gasteiger partial charge in [0.1, 0.15) is 11.6 Å². The normalized spacial score (nSPS) is 11.1. The van der Waals surface area contributed by atoms with Gasteiger partial charge in [0.15, 0.2) is 6.61 Å². The van der Waals surface area contributed by atoms with E-state index in [-0.39, 0.29) is 17.1 Å². The van der Waals surface area contributed by atoms with Crippen molar-refractivity contribution in [2.75, 3.05) is 16.6 Å². The van der Waals surface area contributed by atoms with Gasteiger partial charge in [0.05, 0.1) is 4.90 Å². The SMILES string of the molecule is Cc1cccc(NS(=O)(=O)c2ccc(OCC(=O)Nc3cccc(-c4nc(C)cc(=O)[nH]4)c3)cc2)c1. The van der Waals surface area contributed by atoms with Gasteiger partial charge in [-0.1, -0.05) is 24.3 Å². The zero-order valence-electron chi connectivity index (χ0n) is 19.6. The molecule has 1 heterocycles. The Balaban J connectivity index is 1.36. The molecule has 36 heavy (non-hydrogen) atoms. The number of rotatable bonds is 8. The van der Waals surface area contributed by atoms with Crippen LogP contribution in [0.25, 0.3) is 11.4 Å². The Hall–Kier alpha value is -4.44. The minimum Gasteiger partial charge on any atom is -0.484 e. The molecular formula is C26H24N4O5S. The molecule has 0 aliphatic heterocycles. The molecule has 0 bridgehead atoms. The van der Waals surface area contributed by atoms with Crippen LogP contribution in [0.4, 0.5) is 11.4 Å². The van der Waals surface area contributed by atoms with Crippen molar-refractivity contribution < 1.29 is 17.9 Å². The van der Waals surface area contributed by atoms with E-state index in [4.69, 9.17) is 4.74 Å². The Bertz CT molecular complexity index is 1560. The molecule has 3 aromatic carbocycles. The number of sulfonamides is 1. The Kier molecular flexibility index (Phi) is 7.16. The first-order valence-electron chi connectivity index (χ1n) is 11.0. The third kappa shape index (κ3) is 6.36. The van der Waals surface area contributed by atoms with Crippen LogP contribution < -0.4 is 20.3 Å². The largest absolute Gasteiger partial charge is 0.484 e. The van der Waals surface area contributed by atoms with E-state index in [1.54, 1.807) is 49.4 Å². The molecule has 0 saturated heterocycles. The maximum Gasteiger partial charge on any atom is 0.262 e. The van der Waals surface area contributed by atoms with Crippen molar-refractivity contribution in [2.24, 2.45) is 0 Å². The molecule has 0 radical (unpaired) electrons. The zero-order chi connectivity index (χ0) is 25.7. The third-order valence-electron chi connectivity index (χ3n) is 5.06. The van der Waals surface area contributed by atoms with Gasteiger partial charge in [0, 0.05) is 28.7 Å². The molecule has 3 N–H and O–H groups in total. The highest BCUT2D eigenvalue weighted by Crippen LogP contribution is 2.21. The van der Waals surface area contributed by atoms with Crippen LogP contribution in [0.2, 0.25) is 0 Å². The molecule has 0 spiro atoms. The molecule has 0 fully saturated rings. The van der Waals surface area contributed by atoms with E-state index >= 15 is 0 Å². The molecule has 1 amide bonds. The number of nitrogens with one attached hydrogen (secondary N) is 3. The maximum absolute atomic E-state index is 12.6. The molecule has 184 valence electrons. The fourth-order valence-corrected chi connectivity index (χ4v) is 4.49. The second-order valence-electron chi connectivity index (χ2n) is 8.10. The molecule has 0 unspecified atom stereocenters. The molecule has 0 aliphatic rings. The van der Waals surface area contributed by atoms with E-state index in [2.05, 4.69) is 20.0 Å². The molecule has 10 heteroatoms. The van der Waals surface area contributed by atoms with Gasteiger partial charge in [-0.3, -0.25) is 14.3 Å². The predicted molar refractivity (Wildman–Crippen MR) is 138 cm³/mol. The number of carbonyl (C=O) groups is 1. The summed E-state index contributed by atoms with van der Waals surface area (Å²) in [4.78, 5) is 31.2. The lowest BCUT2D eigenvalue weighted by Gasteiger charge is -2.11. The Morgan fingerprint density at radius 1 is 0.944 bits per heavy atom. The van der Waals surface area contributed by atoms with Gasteiger partial charge in [-0.2, -0.15) is 0 Å². The predicted octanol–water partition coefficient (Wildman–Crippen LogP) is 3.87. The fraction of sp³-hybridized carbons (Fsp3) is 0.115. The molecule has 9 nitrogen and oxygen atoms in total. The summed E-state index contributed by atoms with van der Waals surface area (Å²) in [5.41, 5.74) is 2.89. The quantitative estimate of drug-likeness (QED) is 0.334. The second kappa shape index (κ2) is 10.4. The maximum atomic E-state index is 12.6. The number of amides is 1. The van der Waals surface area contributed by atoms with Gasteiger partial charge < -0.3 is 15.0 Å². The minimum atomic E-state index is -3.76. The average Bonchev–Trinajstić information content (AvgIpc) is 2.82. The highest BCUT2D eigenvalue weighted by Gasteiger charge is 2.15. The highest BCUT2D eigenvalue weighted by atomic mass is 32.2. The first-order valence-corrected chi connectivity index (χ1v) is 12.5. The van der Waals surface area contributed by atoms with E-state index < -0.39 is 15.9 Å². The number of carbonyl (C=O) groups excluding carboxylic acids is 1. The number of ether oxygens (including phenoxy) is 1. The van der Waals surface area contributed by atoms with Crippen molar-refractivity contribution in [3.8, 4) is 17.1 Å².